The summed E-state index contributed by atoms with van der Waals surface area (Å²) >= 11 is 0. The van der Waals surface area contributed by atoms with Crippen LogP contribution in [0.3, 0.4) is 0 Å². The average Bonchev–Trinajstić information content (AvgIpc) is 2.85. The van der Waals surface area contributed by atoms with E-state index in [9.17, 15) is 19.5 Å². The number of rotatable bonds is 7. The highest BCUT2D eigenvalue weighted by atomic mass is 16.3. The Hall–Kier alpha value is -3.47. The van der Waals surface area contributed by atoms with Crippen LogP contribution in [0.4, 0.5) is 0 Å². The second-order valence-electron chi connectivity index (χ2n) is 7.44. The monoisotopic (exact) mass is 436 g/mol. The lowest BCUT2D eigenvalue weighted by Crippen LogP contribution is -2.61. The van der Waals surface area contributed by atoms with Gasteiger partial charge in [-0.05, 0) is 48.9 Å². The Balaban J connectivity index is 2.20. The molecule has 2 aromatic rings. The molecule has 0 aliphatic heterocycles. The van der Waals surface area contributed by atoms with Crippen molar-refractivity contribution in [3.8, 4) is 11.8 Å². The molecule has 0 aliphatic rings. The molecule has 0 aromatic heterocycles. The van der Waals surface area contributed by atoms with Crippen molar-refractivity contribution in [3.05, 3.63) is 70.8 Å². The smallest absolute Gasteiger partial charge is 0.254 e. The summed E-state index contributed by atoms with van der Waals surface area (Å²) in [6.07, 6.45) is -0.797. The van der Waals surface area contributed by atoms with Gasteiger partial charge in [0.15, 0.2) is 11.3 Å². The predicted octanol–water partition coefficient (Wildman–Crippen LogP) is 1.67. The minimum absolute atomic E-state index is 0.121. The lowest BCUT2D eigenvalue weighted by Gasteiger charge is -2.35. The molecule has 2 rings (SSSR count). The fourth-order valence-corrected chi connectivity index (χ4v) is 3.18. The maximum Gasteiger partial charge on any atom is 0.254 e. The van der Waals surface area contributed by atoms with Crippen molar-refractivity contribution in [1.82, 2.24) is 10.2 Å². The Morgan fingerprint density at radius 3 is 1.97 bits per heavy atom. The second-order valence-corrected chi connectivity index (χ2v) is 7.44. The number of amides is 2. The highest BCUT2D eigenvalue weighted by Crippen LogP contribution is 2.20. The molecule has 2 aromatic carbocycles. The number of carbonyl (C=O) groups is 3. The number of aliphatic hydroxyl groups is 2. The summed E-state index contributed by atoms with van der Waals surface area (Å²) in [5, 5.41) is 21.1. The first-order valence-corrected chi connectivity index (χ1v) is 10.2. The SMILES string of the molecule is CCC(=O)[C@](C)(C(=O)NC)N(C)C(=O)c1ccc(C#Cc2ccc([C@H](O)CO)cc2)cc1. The molecule has 168 valence electrons. The quantitative estimate of drug-likeness (QED) is 0.452. The van der Waals surface area contributed by atoms with E-state index in [4.69, 9.17) is 5.11 Å². The van der Waals surface area contributed by atoms with E-state index >= 15 is 0 Å². The number of Topliss-reactive ketones (excluding diaryl/α,β-unsaturated/α-hetero) is 1. The molecule has 7 heteroatoms. The molecule has 0 radical (unpaired) electrons. The minimum Gasteiger partial charge on any atom is -0.393 e. The molecule has 0 saturated heterocycles. The number of likely N-dealkylation sites (N-methyl/N-ethyl adjacent to an activating group) is 2. The van der Waals surface area contributed by atoms with Crippen molar-refractivity contribution in [2.75, 3.05) is 20.7 Å². The van der Waals surface area contributed by atoms with Crippen molar-refractivity contribution >= 4 is 17.6 Å². The number of nitrogens with zero attached hydrogens (tertiary/aromatic N) is 1. The number of nitrogens with one attached hydrogen (secondary N) is 1. The topological polar surface area (TPSA) is 107 Å². The third-order valence-corrected chi connectivity index (χ3v) is 5.46. The van der Waals surface area contributed by atoms with E-state index < -0.39 is 23.5 Å². The molecule has 2 atom stereocenters. The largest absolute Gasteiger partial charge is 0.393 e. The van der Waals surface area contributed by atoms with Gasteiger partial charge in [0.2, 0.25) is 0 Å². The van der Waals surface area contributed by atoms with Crippen LogP contribution in [0, 0.1) is 11.8 Å². The van der Waals surface area contributed by atoms with E-state index in [0.29, 0.717) is 16.7 Å². The zero-order valence-electron chi connectivity index (χ0n) is 18.7. The van der Waals surface area contributed by atoms with Gasteiger partial charge in [-0.3, -0.25) is 14.4 Å². The highest BCUT2D eigenvalue weighted by molar-refractivity contribution is 6.13. The number of hydrogen-bond donors (Lipinski definition) is 3. The molecule has 2 amide bonds. The number of carbonyl (C=O) groups excluding carboxylic acids is 3. The molecule has 0 spiro atoms. The molecule has 0 fully saturated rings. The summed E-state index contributed by atoms with van der Waals surface area (Å²) in [5.74, 6) is 4.65. The van der Waals surface area contributed by atoms with Gasteiger partial charge in [-0.15, -0.1) is 0 Å². The Bertz CT molecular complexity index is 1020. The van der Waals surface area contributed by atoms with Gasteiger partial charge in [0.25, 0.3) is 11.8 Å². The van der Waals surface area contributed by atoms with E-state index in [0.717, 1.165) is 5.56 Å². The standard InChI is InChI=1S/C25H28N2O5/c1-5-22(30)25(2,24(32)26-3)27(4)23(31)20-14-10-18(11-15-20)7-6-17-8-12-19(13-9-17)21(29)16-28/h8-15,21,28-29H,5,16H2,1-4H3,(H,26,32)/t21-,25-/m1/s1. The number of hydrogen-bond acceptors (Lipinski definition) is 5. The van der Waals surface area contributed by atoms with Crippen molar-refractivity contribution in [1.29, 1.82) is 0 Å². The molecule has 0 aliphatic carbocycles. The molecule has 3 N–H and O–H groups in total. The summed E-state index contributed by atoms with van der Waals surface area (Å²) in [7, 11) is 2.87. The Labute approximate surface area is 188 Å². The van der Waals surface area contributed by atoms with Crippen molar-refractivity contribution in [2.45, 2.75) is 31.9 Å². The fourth-order valence-electron chi connectivity index (χ4n) is 3.18. The summed E-state index contributed by atoms with van der Waals surface area (Å²) in [5.41, 5.74) is 0.754. The van der Waals surface area contributed by atoms with E-state index in [2.05, 4.69) is 17.2 Å². The van der Waals surface area contributed by atoms with E-state index in [-0.39, 0.29) is 18.8 Å². The van der Waals surface area contributed by atoms with Gasteiger partial charge in [-0.25, -0.2) is 0 Å². The Kier molecular flexibility index (Phi) is 8.30. The van der Waals surface area contributed by atoms with Gasteiger partial charge in [-0.2, -0.15) is 0 Å². The highest BCUT2D eigenvalue weighted by Gasteiger charge is 2.45. The molecule has 0 bridgehead atoms. The molecule has 0 saturated carbocycles. The zero-order chi connectivity index (χ0) is 23.9. The van der Waals surface area contributed by atoms with Crippen LogP contribution in [0.2, 0.25) is 0 Å². The predicted molar refractivity (Wildman–Crippen MR) is 121 cm³/mol. The maximum absolute atomic E-state index is 13.0. The van der Waals surface area contributed by atoms with Crippen LogP contribution in [-0.4, -0.2) is 59.0 Å². The van der Waals surface area contributed by atoms with Gasteiger partial charge < -0.3 is 20.4 Å². The van der Waals surface area contributed by atoms with Crippen LogP contribution >= 0.6 is 0 Å². The van der Waals surface area contributed by atoms with Crippen LogP contribution < -0.4 is 5.32 Å². The summed E-state index contributed by atoms with van der Waals surface area (Å²) in [6, 6.07) is 13.5. The van der Waals surface area contributed by atoms with Crippen molar-refractivity contribution in [3.63, 3.8) is 0 Å². The minimum atomic E-state index is -1.60. The fraction of sp³-hybridized carbons (Fsp3) is 0.320. The number of ketones is 1. The summed E-state index contributed by atoms with van der Waals surface area (Å²) < 4.78 is 0. The first-order valence-electron chi connectivity index (χ1n) is 10.2. The van der Waals surface area contributed by atoms with Gasteiger partial charge in [-0.1, -0.05) is 30.9 Å². The van der Waals surface area contributed by atoms with Gasteiger partial charge in [0.1, 0.15) is 6.10 Å². The lowest BCUT2D eigenvalue weighted by atomic mass is 9.90. The third kappa shape index (κ3) is 5.22. The van der Waals surface area contributed by atoms with E-state index in [1.54, 1.807) is 55.5 Å². The van der Waals surface area contributed by atoms with Gasteiger partial charge in [0.05, 0.1) is 6.61 Å². The Morgan fingerprint density at radius 1 is 1.03 bits per heavy atom. The molecule has 7 nitrogen and oxygen atoms in total. The second kappa shape index (κ2) is 10.7. The maximum atomic E-state index is 13.0. The van der Waals surface area contributed by atoms with E-state index in [1.165, 1.54) is 25.9 Å². The van der Waals surface area contributed by atoms with Crippen LogP contribution in [-0.2, 0) is 9.59 Å². The van der Waals surface area contributed by atoms with Crippen molar-refractivity contribution < 1.29 is 24.6 Å². The zero-order valence-corrected chi connectivity index (χ0v) is 18.7. The first kappa shape index (κ1) is 24.8. The first-order chi connectivity index (χ1) is 15.2. The van der Waals surface area contributed by atoms with E-state index in [1.807, 2.05) is 0 Å². The molecular weight excluding hydrogens is 408 g/mol. The normalized spacial score (nSPS) is 13.2. The molecular formula is C25H28N2O5. The molecule has 0 unspecified atom stereocenters. The van der Waals surface area contributed by atoms with Gasteiger partial charge in [0, 0.05) is 37.2 Å². The molecule has 0 heterocycles. The number of aliphatic hydroxyl groups excluding tert-OH is 2. The van der Waals surface area contributed by atoms with Crippen LogP contribution in [0.5, 0.6) is 0 Å². The average molecular weight is 437 g/mol. The van der Waals surface area contributed by atoms with Crippen LogP contribution in [0.15, 0.2) is 48.5 Å². The third-order valence-electron chi connectivity index (χ3n) is 5.46. The van der Waals surface area contributed by atoms with Gasteiger partial charge >= 0.3 is 0 Å². The molecule has 32 heavy (non-hydrogen) atoms. The van der Waals surface area contributed by atoms with Crippen LogP contribution in [0.1, 0.15) is 53.4 Å². The summed E-state index contributed by atoms with van der Waals surface area (Å²) in [6.45, 7) is 2.75. The van der Waals surface area contributed by atoms with Crippen LogP contribution in [0.25, 0.3) is 0 Å². The van der Waals surface area contributed by atoms with Crippen molar-refractivity contribution in [2.24, 2.45) is 0 Å². The Morgan fingerprint density at radius 2 is 1.53 bits per heavy atom. The lowest BCUT2D eigenvalue weighted by molar-refractivity contribution is -0.141. The summed E-state index contributed by atoms with van der Waals surface area (Å²) in [4.78, 5) is 39.0. The number of benzene rings is 2.